The zero-order valence-corrected chi connectivity index (χ0v) is 17.7. The fourth-order valence-corrected chi connectivity index (χ4v) is 3.67. The van der Waals surface area contributed by atoms with Crippen LogP contribution in [0.25, 0.3) is 11.0 Å². The van der Waals surface area contributed by atoms with E-state index < -0.39 is 0 Å². The quantitative estimate of drug-likeness (QED) is 0.405. The molecule has 3 rings (SSSR count). The zero-order chi connectivity index (χ0) is 21.3. The number of carbonyl (C=O) groups excluding carboxylic acids is 1. The molecule has 3 aromatic rings. The first-order chi connectivity index (χ1) is 14.7. The highest BCUT2D eigenvalue weighted by Crippen LogP contribution is 2.24. The molecule has 1 aromatic carbocycles. The van der Waals surface area contributed by atoms with E-state index >= 15 is 0 Å². The van der Waals surface area contributed by atoms with Gasteiger partial charge in [-0.05, 0) is 42.7 Å². The SMILES string of the molecule is CCCCC(CC)CCn1c(COc2ccc(C=O)cc2)cc2cnc(C#N)nc21. The molecular weight excluding hydrogens is 376 g/mol. The third-order valence-corrected chi connectivity index (χ3v) is 5.53. The molecule has 0 bridgehead atoms. The number of hydrogen-bond donors (Lipinski definition) is 0. The molecule has 1 atom stereocenters. The van der Waals surface area contributed by atoms with Gasteiger partial charge in [0.05, 0.1) is 5.69 Å². The van der Waals surface area contributed by atoms with Gasteiger partial charge in [0, 0.05) is 23.7 Å². The lowest BCUT2D eigenvalue weighted by atomic mass is 9.96. The molecule has 0 fully saturated rings. The lowest BCUT2D eigenvalue weighted by molar-refractivity contribution is 0.112. The van der Waals surface area contributed by atoms with E-state index in [9.17, 15) is 10.1 Å². The minimum atomic E-state index is 0.178. The molecule has 0 spiro atoms. The summed E-state index contributed by atoms with van der Waals surface area (Å²) in [6, 6.07) is 11.1. The Kier molecular flexibility index (Phi) is 7.56. The van der Waals surface area contributed by atoms with Gasteiger partial charge >= 0.3 is 0 Å². The van der Waals surface area contributed by atoms with Crippen LogP contribution in [0, 0.1) is 17.2 Å². The summed E-state index contributed by atoms with van der Waals surface area (Å²) in [5.41, 5.74) is 2.40. The van der Waals surface area contributed by atoms with Gasteiger partial charge in [0.1, 0.15) is 30.4 Å². The van der Waals surface area contributed by atoms with Gasteiger partial charge in [-0.3, -0.25) is 4.79 Å². The Balaban J connectivity index is 1.83. The van der Waals surface area contributed by atoms with Crippen molar-refractivity contribution in [1.29, 1.82) is 5.26 Å². The van der Waals surface area contributed by atoms with Crippen LogP contribution in [0.3, 0.4) is 0 Å². The van der Waals surface area contributed by atoms with E-state index in [1.165, 1.54) is 19.3 Å². The Morgan fingerprint density at radius 2 is 2.03 bits per heavy atom. The Hall–Kier alpha value is -3.20. The molecule has 0 aliphatic rings. The third-order valence-electron chi connectivity index (χ3n) is 5.53. The Labute approximate surface area is 177 Å². The maximum Gasteiger partial charge on any atom is 0.234 e. The molecule has 1 unspecified atom stereocenters. The third kappa shape index (κ3) is 5.24. The molecule has 156 valence electrons. The summed E-state index contributed by atoms with van der Waals surface area (Å²) in [7, 11) is 0. The normalized spacial score (nSPS) is 11.9. The largest absolute Gasteiger partial charge is 0.487 e. The van der Waals surface area contributed by atoms with Crippen LogP contribution >= 0.6 is 0 Å². The average Bonchev–Trinajstić information content (AvgIpc) is 3.14. The predicted octanol–water partition coefficient (Wildman–Crippen LogP) is 5.30. The number of hydrogen-bond acceptors (Lipinski definition) is 5. The van der Waals surface area contributed by atoms with Gasteiger partial charge in [-0.25, -0.2) is 9.97 Å². The molecule has 0 amide bonds. The summed E-state index contributed by atoms with van der Waals surface area (Å²) in [6.45, 7) is 5.68. The first kappa shape index (κ1) is 21.5. The van der Waals surface area contributed by atoms with Crippen LogP contribution in [-0.2, 0) is 13.2 Å². The van der Waals surface area contributed by atoms with E-state index in [-0.39, 0.29) is 5.82 Å². The predicted molar refractivity (Wildman–Crippen MR) is 116 cm³/mol. The van der Waals surface area contributed by atoms with Crippen molar-refractivity contribution in [2.24, 2.45) is 5.92 Å². The number of aryl methyl sites for hydroxylation is 1. The lowest BCUT2D eigenvalue weighted by Crippen LogP contribution is -2.11. The van der Waals surface area contributed by atoms with Crippen molar-refractivity contribution in [3.63, 3.8) is 0 Å². The molecule has 30 heavy (non-hydrogen) atoms. The van der Waals surface area contributed by atoms with Crippen molar-refractivity contribution in [1.82, 2.24) is 14.5 Å². The fourth-order valence-electron chi connectivity index (χ4n) is 3.67. The molecule has 6 heteroatoms. The number of carbonyl (C=O) groups is 1. The van der Waals surface area contributed by atoms with E-state index in [0.29, 0.717) is 23.8 Å². The van der Waals surface area contributed by atoms with Crippen LogP contribution in [0.2, 0.25) is 0 Å². The molecule has 2 aromatic heterocycles. The average molecular weight is 405 g/mol. The molecule has 0 N–H and O–H groups in total. The van der Waals surface area contributed by atoms with Gasteiger partial charge in [0.15, 0.2) is 0 Å². The molecule has 0 saturated heterocycles. The number of aldehydes is 1. The van der Waals surface area contributed by atoms with Crippen molar-refractivity contribution in [3.8, 4) is 11.8 Å². The van der Waals surface area contributed by atoms with Gasteiger partial charge in [-0.2, -0.15) is 5.26 Å². The van der Waals surface area contributed by atoms with Crippen molar-refractivity contribution < 1.29 is 9.53 Å². The summed E-state index contributed by atoms with van der Waals surface area (Å²) in [5.74, 6) is 1.55. The number of nitriles is 1. The second kappa shape index (κ2) is 10.5. The second-order valence-corrected chi connectivity index (χ2v) is 7.55. The summed E-state index contributed by atoms with van der Waals surface area (Å²) in [6.07, 6.45) is 8.44. The minimum absolute atomic E-state index is 0.178. The first-order valence-corrected chi connectivity index (χ1v) is 10.6. The molecule has 2 heterocycles. The highest BCUT2D eigenvalue weighted by molar-refractivity contribution is 5.77. The zero-order valence-electron chi connectivity index (χ0n) is 17.7. The molecule has 0 radical (unpaired) electrons. The van der Waals surface area contributed by atoms with Crippen LogP contribution in [0.4, 0.5) is 0 Å². The number of unbranched alkanes of at least 4 members (excludes halogenated alkanes) is 1. The van der Waals surface area contributed by atoms with Crippen LogP contribution in [-0.4, -0.2) is 20.8 Å². The lowest BCUT2D eigenvalue weighted by Gasteiger charge is -2.17. The Bertz CT molecular complexity index is 1020. The first-order valence-electron chi connectivity index (χ1n) is 10.6. The molecule has 0 aliphatic heterocycles. The number of benzene rings is 1. The minimum Gasteiger partial charge on any atom is -0.487 e. The van der Waals surface area contributed by atoms with Crippen LogP contribution < -0.4 is 4.74 Å². The van der Waals surface area contributed by atoms with Crippen LogP contribution in [0.1, 0.15) is 67.8 Å². The van der Waals surface area contributed by atoms with Crippen LogP contribution in [0.5, 0.6) is 5.75 Å². The summed E-state index contributed by atoms with van der Waals surface area (Å²) >= 11 is 0. The number of fused-ring (bicyclic) bond motifs is 1. The highest BCUT2D eigenvalue weighted by Gasteiger charge is 2.14. The molecule has 0 saturated carbocycles. The number of nitrogens with zero attached hydrogens (tertiary/aromatic N) is 4. The number of rotatable bonds is 11. The van der Waals surface area contributed by atoms with E-state index in [2.05, 4.69) is 28.4 Å². The van der Waals surface area contributed by atoms with Crippen LogP contribution in [0.15, 0.2) is 36.5 Å². The molecular formula is C24H28N4O2. The van der Waals surface area contributed by atoms with Gasteiger partial charge in [-0.1, -0.05) is 39.5 Å². The monoisotopic (exact) mass is 404 g/mol. The van der Waals surface area contributed by atoms with Gasteiger partial charge < -0.3 is 9.30 Å². The smallest absolute Gasteiger partial charge is 0.234 e. The maximum atomic E-state index is 10.8. The Morgan fingerprint density at radius 3 is 2.70 bits per heavy atom. The van der Waals surface area contributed by atoms with E-state index in [4.69, 9.17) is 4.74 Å². The van der Waals surface area contributed by atoms with E-state index in [1.54, 1.807) is 30.5 Å². The number of aromatic nitrogens is 3. The van der Waals surface area contributed by atoms with Crippen molar-refractivity contribution >= 4 is 17.3 Å². The topological polar surface area (TPSA) is 80.8 Å². The van der Waals surface area contributed by atoms with E-state index in [0.717, 1.165) is 42.4 Å². The Morgan fingerprint density at radius 1 is 1.23 bits per heavy atom. The van der Waals surface area contributed by atoms with Crippen molar-refractivity contribution in [3.05, 3.63) is 53.6 Å². The summed E-state index contributed by atoms with van der Waals surface area (Å²) in [4.78, 5) is 19.4. The van der Waals surface area contributed by atoms with Gasteiger partial charge in [-0.15, -0.1) is 0 Å². The molecule has 6 nitrogen and oxygen atoms in total. The second-order valence-electron chi connectivity index (χ2n) is 7.55. The standard InChI is InChI=1S/C24H28N4O2/c1-3-5-6-18(4-2)11-12-28-21(13-20-15-26-23(14-25)27-24(20)28)17-30-22-9-7-19(16-29)8-10-22/h7-10,13,15-16,18H,3-6,11-12,17H2,1-2H3. The van der Waals surface area contributed by atoms with Gasteiger partial charge in [0.25, 0.3) is 0 Å². The summed E-state index contributed by atoms with van der Waals surface area (Å²) in [5, 5.41) is 10.1. The highest BCUT2D eigenvalue weighted by atomic mass is 16.5. The van der Waals surface area contributed by atoms with E-state index in [1.807, 2.05) is 12.1 Å². The number of ether oxygens (including phenoxy) is 1. The van der Waals surface area contributed by atoms with Crippen molar-refractivity contribution in [2.45, 2.75) is 59.1 Å². The van der Waals surface area contributed by atoms with Gasteiger partial charge in [0.2, 0.25) is 5.82 Å². The molecule has 0 aliphatic carbocycles. The fraction of sp³-hybridized carbons (Fsp3) is 0.417. The summed E-state index contributed by atoms with van der Waals surface area (Å²) < 4.78 is 8.13. The maximum absolute atomic E-state index is 10.8. The van der Waals surface area contributed by atoms with Crippen molar-refractivity contribution in [2.75, 3.05) is 0 Å².